The van der Waals surface area contributed by atoms with Gasteiger partial charge in [-0.25, -0.2) is 9.07 Å². The molecule has 0 amide bonds. The van der Waals surface area contributed by atoms with E-state index in [1.54, 1.807) is 17.7 Å². The highest BCUT2D eigenvalue weighted by Gasteiger charge is 2.23. The molecule has 1 aliphatic carbocycles. The number of nitrogens with zero attached hydrogens (tertiary/aromatic N) is 5. The highest BCUT2D eigenvalue weighted by molar-refractivity contribution is 5.45. The Kier molecular flexibility index (Phi) is 4.73. The molecule has 1 N–H and O–H groups in total. The van der Waals surface area contributed by atoms with Crippen LogP contribution in [0.5, 0.6) is 0 Å². The van der Waals surface area contributed by atoms with Gasteiger partial charge in [0.25, 0.3) is 0 Å². The molecule has 7 heteroatoms. The average Bonchev–Trinajstić information content (AvgIpc) is 3.27. The fourth-order valence-electron chi connectivity index (χ4n) is 3.48. The molecule has 1 unspecified atom stereocenters. The van der Waals surface area contributed by atoms with Crippen LogP contribution in [-0.2, 0) is 13.0 Å². The number of hydrogen-bond donors (Lipinski definition) is 1. The summed E-state index contributed by atoms with van der Waals surface area (Å²) in [6.45, 7) is 4.33. The molecular formula is C21H22FN5O. The molecule has 3 aromatic rings. The second kappa shape index (κ2) is 7.21. The number of benzene rings is 1. The second-order valence-electron chi connectivity index (χ2n) is 7.52. The minimum absolute atomic E-state index is 0.404. The van der Waals surface area contributed by atoms with Gasteiger partial charge in [0, 0.05) is 36.0 Å². The van der Waals surface area contributed by atoms with Gasteiger partial charge in [-0.3, -0.25) is 4.68 Å². The number of aliphatic hydroxyl groups is 1. The Labute approximate surface area is 162 Å². The van der Waals surface area contributed by atoms with Crippen molar-refractivity contribution in [2.75, 3.05) is 0 Å². The zero-order chi connectivity index (χ0) is 19.8. The van der Waals surface area contributed by atoms with Crippen LogP contribution in [0, 0.1) is 30.0 Å². The van der Waals surface area contributed by atoms with Crippen molar-refractivity contribution in [1.29, 1.82) is 5.26 Å². The smallest absolute Gasteiger partial charge is 0.166 e. The molecule has 4 rings (SSSR count). The van der Waals surface area contributed by atoms with Gasteiger partial charge in [0.15, 0.2) is 5.69 Å². The van der Waals surface area contributed by atoms with Crippen molar-refractivity contribution in [2.24, 2.45) is 5.92 Å². The van der Waals surface area contributed by atoms with Gasteiger partial charge in [0.2, 0.25) is 0 Å². The summed E-state index contributed by atoms with van der Waals surface area (Å²) in [4.78, 5) is 0. The maximum Gasteiger partial charge on any atom is 0.166 e. The summed E-state index contributed by atoms with van der Waals surface area (Å²) in [5.74, 6) is 0.262. The predicted molar refractivity (Wildman–Crippen MR) is 101 cm³/mol. The molecule has 0 aliphatic heterocycles. The Morgan fingerprint density at radius 1 is 1.32 bits per heavy atom. The number of hydrogen-bond acceptors (Lipinski definition) is 4. The summed E-state index contributed by atoms with van der Waals surface area (Å²) < 4.78 is 17.3. The number of halogens is 1. The van der Waals surface area contributed by atoms with Gasteiger partial charge in [0.1, 0.15) is 11.9 Å². The van der Waals surface area contributed by atoms with Crippen LogP contribution in [0.1, 0.15) is 54.1 Å². The number of rotatable bonds is 6. The Morgan fingerprint density at radius 2 is 2.11 bits per heavy atom. The van der Waals surface area contributed by atoms with Crippen molar-refractivity contribution < 1.29 is 9.50 Å². The molecule has 144 valence electrons. The molecule has 1 atom stereocenters. The normalized spacial score (nSPS) is 14.8. The van der Waals surface area contributed by atoms with E-state index in [1.165, 1.54) is 25.0 Å². The molecular weight excluding hydrogens is 357 g/mol. The minimum atomic E-state index is -0.834. The number of nitriles is 1. The molecule has 1 fully saturated rings. The SMILES string of the molecule is Cc1cc(Cc2cn(CC3CC3)nc2C#N)n(-c2ccc(F)cc2C(C)O)n1. The van der Waals surface area contributed by atoms with Crippen LogP contribution in [0.15, 0.2) is 30.5 Å². The summed E-state index contributed by atoms with van der Waals surface area (Å²) in [7, 11) is 0. The van der Waals surface area contributed by atoms with Gasteiger partial charge in [-0.15, -0.1) is 0 Å². The van der Waals surface area contributed by atoms with Gasteiger partial charge < -0.3 is 5.11 Å². The highest BCUT2D eigenvalue weighted by atomic mass is 19.1. The second-order valence-corrected chi connectivity index (χ2v) is 7.52. The Balaban J connectivity index is 1.72. The third kappa shape index (κ3) is 3.69. The monoisotopic (exact) mass is 379 g/mol. The first-order chi connectivity index (χ1) is 13.4. The van der Waals surface area contributed by atoms with E-state index < -0.39 is 11.9 Å². The van der Waals surface area contributed by atoms with Crippen LogP contribution in [0.25, 0.3) is 5.69 Å². The zero-order valence-corrected chi connectivity index (χ0v) is 15.9. The van der Waals surface area contributed by atoms with Crippen LogP contribution in [-0.4, -0.2) is 24.7 Å². The van der Waals surface area contributed by atoms with E-state index in [0.29, 0.717) is 29.3 Å². The number of aryl methyl sites for hydroxylation is 1. The van der Waals surface area contributed by atoms with Crippen molar-refractivity contribution >= 4 is 0 Å². The highest BCUT2D eigenvalue weighted by Crippen LogP contribution is 2.31. The lowest BCUT2D eigenvalue weighted by molar-refractivity contribution is 0.198. The molecule has 28 heavy (non-hydrogen) atoms. The number of aliphatic hydroxyl groups excluding tert-OH is 1. The summed E-state index contributed by atoms with van der Waals surface area (Å²) in [6, 6.07) is 8.43. The maximum atomic E-state index is 13.7. The minimum Gasteiger partial charge on any atom is -0.389 e. The standard InChI is InChI=1S/C21H22FN5O/c1-13-7-18(8-16-12-26(11-15-3-4-15)25-20(16)10-23)27(24-13)21-6-5-17(22)9-19(21)14(2)28/h5-7,9,12,14-15,28H,3-4,8,11H2,1-2H3. The lowest BCUT2D eigenvalue weighted by Crippen LogP contribution is -2.08. The fourth-order valence-corrected chi connectivity index (χ4v) is 3.48. The average molecular weight is 379 g/mol. The Bertz CT molecular complexity index is 1060. The topological polar surface area (TPSA) is 79.7 Å². The first-order valence-electron chi connectivity index (χ1n) is 9.44. The molecule has 0 spiro atoms. The molecule has 1 aromatic carbocycles. The molecule has 2 heterocycles. The van der Waals surface area contributed by atoms with Crippen molar-refractivity contribution in [1.82, 2.24) is 19.6 Å². The molecule has 0 saturated heterocycles. The van der Waals surface area contributed by atoms with E-state index in [1.807, 2.05) is 23.9 Å². The van der Waals surface area contributed by atoms with E-state index in [-0.39, 0.29) is 0 Å². The molecule has 0 radical (unpaired) electrons. The largest absolute Gasteiger partial charge is 0.389 e. The summed E-state index contributed by atoms with van der Waals surface area (Å²) in [5.41, 5.74) is 4.01. The summed E-state index contributed by atoms with van der Waals surface area (Å²) >= 11 is 0. The van der Waals surface area contributed by atoms with E-state index in [4.69, 9.17) is 0 Å². The zero-order valence-electron chi connectivity index (χ0n) is 15.9. The van der Waals surface area contributed by atoms with Crippen LogP contribution in [0.2, 0.25) is 0 Å². The van der Waals surface area contributed by atoms with Crippen LogP contribution in [0.4, 0.5) is 4.39 Å². The van der Waals surface area contributed by atoms with Crippen LogP contribution >= 0.6 is 0 Å². The van der Waals surface area contributed by atoms with Crippen LogP contribution in [0.3, 0.4) is 0 Å². The van der Waals surface area contributed by atoms with Crippen molar-refractivity contribution in [2.45, 2.75) is 45.8 Å². The number of aromatic nitrogens is 4. The molecule has 1 aliphatic rings. The molecule has 0 bridgehead atoms. The molecule has 2 aromatic heterocycles. The Morgan fingerprint density at radius 3 is 2.79 bits per heavy atom. The lowest BCUT2D eigenvalue weighted by Gasteiger charge is -2.14. The predicted octanol–water partition coefficient (Wildman–Crippen LogP) is 3.44. The maximum absolute atomic E-state index is 13.7. The van der Waals surface area contributed by atoms with E-state index in [2.05, 4.69) is 16.3 Å². The van der Waals surface area contributed by atoms with Crippen molar-refractivity contribution in [3.8, 4) is 11.8 Å². The first kappa shape index (κ1) is 18.4. The van der Waals surface area contributed by atoms with Gasteiger partial charge in [-0.05, 0) is 56.9 Å². The van der Waals surface area contributed by atoms with E-state index in [9.17, 15) is 14.8 Å². The molecule has 6 nitrogen and oxygen atoms in total. The quantitative estimate of drug-likeness (QED) is 0.711. The van der Waals surface area contributed by atoms with Gasteiger partial charge in [-0.2, -0.15) is 15.5 Å². The first-order valence-corrected chi connectivity index (χ1v) is 9.44. The van der Waals surface area contributed by atoms with E-state index in [0.717, 1.165) is 23.5 Å². The van der Waals surface area contributed by atoms with Gasteiger partial charge in [-0.1, -0.05) is 0 Å². The van der Waals surface area contributed by atoms with Crippen molar-refractivity contribution in [3.63, 3.8) is 0 Å². The molecule has 1 saturated carbocycles. The Hall–Kier alpha value is -2.98. The van der Waals surface area contributed by atoms with Crippen molar-refractivity contribution in [3.05, 3.63) is 64.5 Å². The summed E-state index contributed by atoms with van der Waals surface area (Å²) in [6.07, 6.45) is 4.01. The fraction of sp³-hybridized carbons (Fsp3) is 0.381. The summed E-state index contributed by atoms with van der Waals surface area (Å²) in [5, 5.41) is 28.5. The van der Waals surface area contributed by atoms with E-state index >= 15 is 0 Å². The van der Waals surface area contributed by atoms with Crippen LogP contribution < -0.4 is 0 Å². The van der Waals surface area contributed by atoms with Gasteiger partial charge >= 0.3 is 0 Å². The third-order valence-electron chi connectivity index (χ3n) is 5.03. The van der Waals surface area contributed by atoms with Gasteiger partial charge in [0.05, 0.1) is 17.5 Å². The third-order valence-corrected chi connectivity index (χ3v) is 5.03. The lowest BCUT2D eigenvalue weighted by atomic mass is 10.1.